The molecule has 27 heavy (non-hydrogen) atoms. The van der Waals surface area contributed by atoms with Gasteiger partial charge in [0.25, 0.3) is 0 Å². The number of ether oxygens (including phenoxy) is 2. The lowest BCUT2D eigenvalue weighted by molar-refractivity contribution is 0.207. The van der Waals surface area contributed by atoms with Crippen LogP contribution in [0.25, 0.3) is 5.69 Å². The number of fused-ring (bicyclic) bond motifs is 1. The van der Waals surface area contributed by atoms with Gasteiger partial charge in [0.05, 0.1) is 26.5 Å². The lowest BCUT2D eigenvalue weighted by Gasteiger charge is -2.26. The van der Waals surface area contributed by atoms with Crippen LogP contribution in [0.1, 0.15) is 11.4 Å². The van der Waals surface area contributed by atoms with Crippen molar-refractivity contribution in [3.8, 4) is 17.2 Å². The van der Waals surface area contributed by atoms with Gasteiger partial charge in [-0.2, -0.15) is 4.68 Å². The Hall–Kier alpha value is -3.06. The third-order valence-electron chi connectivity index (χ3n) is 4.83. The fourth-order valence-corrected chi connectivity index (χ4v) is 3.31. The van der Waals surface area contributed by atoms with Gasteiger partial charge in [-0.05, 0) is 42.0 Å². The van der Waals surface area contributed by atoms with E-state index in [0.717, 1.165) is 36.1 Å². The van der Waals surface area contributed by atoms with E-state index in [1.54, 1.807) is 18.8 Å². The van der Waals surface area contributed by atoms with Gasteiger partial charge < -0.3 is 9.47 Å². The van der Waals surface area contributed by atoms with Crippen molar-refractivity contribution in [3.05, 3.63) is 70.4 Å². The molecule has 140 valence electrons. The van der Waals surface area contributed by atoms with E-state index in [4.69, 9.17) is 9.47 Å². The van der Waals surface area contributed by atoms with Gasteiger partial charge >= 0.3 is 5.69 Å². The molecule has 0 fully saturated rings. The topological polar surface area (TPSA) is 61.5 Å². The van der Waals surface area contributed by atoms with Crippen molar-refractivity contribution in [2.75, 3.05) is 20.8 Å². The highest BCUT2D eigenvalue weighted by molar-refractivity contribution is 5.36. The molecule has 2 heterocycles. The molecule has 4 rings (SSSR count). The van der Waals surface area contributed by atoms with Crippen LogP contribution >= 0.6 is 0 Å². The van der Waals surface area contributed by atoms with Gasteiger partial charge in [-0.15, -0.1) is 5.10 Å². The Morgan fingerprint density at radius 1 is 0.926 bits per heavy atom. The molecule has 7 heteroatoms. The van der Waals surface area contributed by atoms with Crippen LogP contribution in [0.2, 0.25) is 0 Å². The third kappa shape index (κ3) is 3.46. The zero-order valence-corrected chi connectivity index (χ0v) is 15.5. The number of hydrogen-bond donors (Lipinski definition) is 0. The molecule has 0 amide bonds. The predicted octanol–water partition coefficient (Wildman–Crippen LogP) is 2.07. The summed E-state index contributed by atoms with van der Waals surface area (Å²) in [6.45, 7) is 2.91. The highest BCUT2D eigenvalue weighted by Gasteiger charge is 2.22. The summed E-state index contributed by atoms with van der Waals surface area (Å²) in [5, 5.41) is 4.56. The van der Waals surface area contributed by atoms with Gasteiger partial charge in [-0.25, -0.2) is 4.79 Å². The summed E-state index contributed by atoms with van der Waals surface area (Å²) in [5.41, 5.74) is 1.85. The molecule has 1 aromatic heterocycles. The largest absolute Gasteiger partial charge is 0.497 e. The van der Waals surface area contributed by atoms with Crippen LogP contribution < -0.4 is 15.2 Å². The minimum atomic E-state index is -0.0979. The molecule has 0 radical (unpaired) electrons. The quantitative estimate of drug-likeness (QED) is 0.692. The first-order chi connectivity index (χ1) is 13.2. The van der Waals surface area contributed by atoms with Crippen molar-refractivity contribution >= 4 is 0 Å². The van der Waals surface area contributed by atoms with Crippen molar-refractivity contribution < 1.29 is 9.47 Å². The number of aromatic nitrogens is 3. The Balaban J connectivity index is 1.53. The van der Waals surface area contributed by atoms with E-state index in [1.165, 1.54) is 10.2 Å². The SMILES string of the molecule is COc1ccc(CN2CCn3c(nn(-c4ccc(OC)cc4)c3=O)C2)cc1. The molecular formula is C20H22N4O3. The summed E-state index contributed by atoms with van der Waals surface area (Å²) in [6.07, 6.45) is 0. The van der Waals surface area contributed by atoms with Crippen LogP contribution in [0.4, 0.5) is 0 Å². The highest BCUT2D eigenvalue weighted by atomic mass is 16.5. The second-order valence-electron chi connectivity index (χ2n) is 6.52. The van der Waals surface area contributed by atoms with Crippen molar-refractivity contribution in [1.29, 1.82) is 0 Å². The van der Waals surface area contributed by atoms with Gasteiger partial charge in [0.2, 0.25) is 0 Å². The van der Waals surface area contributed by atoms with Gasteiger partial charge in [0, 0.05) is 19.6 Å². The number of rotatable bonds is 5. The van der Waals surface area contributed by atoms with Crippen molar-refractivity contribution in [2.24, 2.45) is 0 Å². The molecule has 0 spiro atoms. The van der Waals surface area contributed by atoms with E-state index < -0.39 is 0 Å². The lowest BCUT2D eigenvalue weighted by Crippen LogP contribution is -2.37. The first-order valence-corrected chi connectivity index (χ1v) is 8.86. The molecule has 0 saturated carbocycles. The van der Waals surface area contributed by atoms with Crippen LogP contribution in [-0.2, 0) is 19.6 Å². The third-order valence-corrected chi connectivity index (χ3v) is 4.83. The highest BCUT2D eigenvalue weighted by Crippen LogP contribution is 2.17. The molecule has 0 saturated heterocycles. The monoisotopic (exact) mass is 366 g/mol. The predicted molar refractivity (Wildman–Crippen MR) is 101 cm³/mol. The van der Waals surface area contributed by atoms with E-state index >= 15 is 0 Å². The first kappa shape index (κ1) is 17.4. The average Bonchev–Trinajstić information content (AvgIpc) is 3.04. The van der Waals surface area contributed by atoms with Crippen LogP contribution in [0, 0.1) is 0 Å². The van der Waals surface area contributed by atoms with Gasteiger partial charge in [-0.3, -0.25) is 9.47 Å². The number of methoxy groups -OCH3 is 2. The Morgan fingerprint density at radius 3 is 2.19 bits per heavy atom. The van der Waals surface area contributed by atoms with Gasteiger partial charge in [0.15, 0.2) is 0 Å². The van der Waals surface area contributed by atoms with Crippen molar-refractivity contribution in [2.45, 2.75) is 19.6 Å². The zero-order chi connectivity index (χ0) is 18.8. The van der Waals surface area contributed by atoms with Crippen molar-refractivity contribution in [3.63, 3.8) is 0 Å². The van der Waals surface area contributed by atoms with Gasteiger partial charge in [-0.1, -0.05) is 12.1 Å². The maximum Gasteiger partial charge on any atom is 0.350 e. The van der Waals surface area contributed by atoms with Gasteiger partial charge in [0.1, 0.15) is 17.3 Å². The maximum absolute atomic E-state index is 12.7. The van der Waals surface area contributed by atoms with Crippen molar-refractivity contribution in [1.82, 2.24) is 19.2 Å². The Labute approximate surface area is 157 Å². The maximum atomic E-state index is 12.7. The molecule has 3 aromatic rings. The van der Waals surface area contributed by atoms with Crippen LogP contribution in [-0.4, -0.2) is 40.0 Å². The van der Waals surface area contributed by atoms with Crippen LogP contribution in [0.15, 0.2) is 53.3 Å². The molecule has 1 aliphatic heterocycles. The van der Waals surface area contributed by atoms with E-state index in [0.29, 0.717) is 13.1 Å². The molecule has 1 aliphatic rings. The molecular weight excluding hydrogens is 344 g/mol. The summed E-state index contributed by atoms with van der Waals surface area (Å²) in [6, 6.07) is 15.4. The van der Waals surface area contributed by atoms with E-state index in [9.17, 15) is 4.79 Å². The molecule has 0 unspecified atom stereocenters. The van der Waals surface area contributed by atoms with Crippen LogP contribution in [0.5, 0.6) is 11.5 Å². The molecule has 0 aliphatic carbocycles. The molecule has 0 atom stereocenters. The minimum absolute atomic E-state index is 0.0979. The first-order valence-electron chi connectivity index (χ1n) is 8.86. The molecule has 2 aromatic carbocycles. The Morgan fingerprint density at radius 2 is 1.56 bits per heavy atom. The molecule has 0 bridgehead atoms. The second-order valence-corrected chi connectivity index (χ2v) is 6.52. The second kappa shape index (κ2) is 7.28. The lowest BCUT2D eigenvalue weighted by atomic mass is 10.2. The average molecular weight is 366 g/mol. The fourth-order valence-electron chi connectivity index (χ4n) is 3.31. The number of benzene rings is 2. The van der Waals surface area contributed by atoms with E-state index in [-0.39, 0.29) is 5.69 Å². The minimum Gasteiger partial charge on any atom is -0.497 e. The fraction of sp³-hybridized carbons (Fsp3) is 0.300. The zero-order valence-electron chi connectivity index (χ0n) is 15.5. The summed E-state index contributed by atoms with van der Waals surface area (Å²) in [4.78, 5) is 15.0. The Kier molecular flexibility index (Phi) is 4.68. The summed E-state index contributed by atoms with van der Waals surface area (Å²) in [5.74, 6) is 2.39. The standard InChI is InChI=1S/C20H22N4O3/c1-26-17-7-3-15(4-8-17)13-22-11-12-23-19(14-22)21-24(20(23)25)16-5-9-18(27-2)10-6-16/h3-10H,11-14H2,1-2H3. The van der Waals surface area contributed by atoms with E-state index in [1.807, 2.05) is 36.4 Å². The Bertz CT molecular complexity index is 974. The molecule has 0 N–H and O–H groups in total. The van der Waals surface area contributed by atoms with E-state index in [2.05, 4.69) is 22.1 Å². The number of hydrogen-bond acceptors (Lipinski definition) is 5. The number of nitrogens with zero attached hydrogens (tertiary/aromatic N) is 4. The normalized spacial score (nSPS) is 14.0. The smallest absolute Gasteiger partial charge is 0.350 e. The summed E-state index contributed by atoms with van der Waals surface area (Å²) < 4.78 is 13.6. The molecule has 7 nitrogen and oxygen atoms in total. The van der Waals surface area contributed by atoms with Crippen LogP contribution in [0.3, 0.4) is 0 Å². The summed E-state index contributed by atoms with van der Waals surface area (Å²) >= 11 is 0. The summed E-state index contributed by atoms with van der Waals surface area (Å²) in [7, 11) is 3.28.